The predicted molar refractivity (Wildman–Crippen MR) is 163 cm³/mol. The van der Waals surface area contributed by atoms with Crippen LogP contribution >= 0.6 is 23.2 Å². The van der Waals surface area contributed by atoms with Crippen molar-refractivity contribution in [2.24, 2.45) is 5.92 Å². The van der Waals surface area contributed by atoms with Crippen LogP contribution in [0.15, 0.2) is 70.8 Å². The first-order valence-corrected chi connectivity index (χ1v) is 13.8. The molecule has 1 aliphatic heterocycles. The Labute approximate surface area is 242 Å². The summed E-state index contributed by atoms with van der Waals surface area (Å²) in [6, 6.07) is 14.5. The van der Waals surface area contributed by atoms with E-state index in [1.165, 1.54) is 15.2 Å². The van der Waals surface area contributed by atoms with Gasteiger partial charge in [-0.3, -0.25) is 19.0 Å². The van der Waals surface area contributed by atoms with Crippen LogP contribution < -0.4 is 16.9 Å². The van der Waals surface area contributed by atoms with Crippen molar-refractivity contribution in [3.8, 4) is 16.8 Å². The number of hydrogen-bond donors (Lipinski definition) is 1. The number of fused-ring (bicyclic) bond motifs is 1. The SMILES string of the molecule is C=CC(=O)N1CC(Cn2c(=O)c(=O)n(-c3c(C)cccc3C(C)C)c3cc(-c4cc(N)ccc4Cl)c(Cl)cc32)C1. The largest absolute Gasteiger partial charge is 0.399 e. The van der Waals surface area contributed by atoms with Crippen LogP contribution in [0.3, 0.4) is 0 Å². The minimum absolute atomic E-state index is 0.00607. The number of amides is 1. The van der Waals surface area contributed by atoms with Crippen LogP contribution in [0.5, 0.6) is 0 Å². The standard InChI is InChI=1S/C31H30Cl2N4O3/c1-5-28(38)35-14-19(15-35)16-36-26-13-25(33)23(22-11-20(34)9-10-24(22)32)12-27(26)37(31(40)30(36)39)29-18(4)7-6-8-21(29)17(2)3/h5-13,17,19H,1,14-16,34H2,2-4H3. The molecule has 206 valence electrons. The van der Waals surface area contributed by atoms with E-state index in [1.54, 1.807) is 35.2 Å². The lowest BCUT2D eigenvalue weighted by atomic mass is 9.97. The lowest BCUT2D eigenvalue weighted by molar-refractivity contribution is -0.132. The number of nitrogens with two attached hydrogens (primary N) is 1. The highest BCUT2D eigenvalue weighted by molar-refractivity contribution is 6.37. The highest BCUT2D eigenvalue weighted by atomic mass is 35.5. The van der Waals surface area contributed by atoms with Crippen molar-refractivity contribution in [2.45, 2.75) is 33.2 Å². The molecule has 0 bridgehead atoms. The highest BCUT2D eigenvalue weighted by Gasteiger charge is 2.31. The molecule has 9 heteroatoms. The van der Waals surface area contributed by atoms with Crippen molar-refractivity contribution in [1.82, 2.24) is 14.0 Å². The fraction of sp³-hybridized carbons (Fsp3) is 0.258. The Morgan fingerprint density at radius 1 is 1.02 bits per heavy atom. The third-order valence-electron chi connectivity index (χ3n) is 7.51. The van der Waals surface area contributed by atoms with Crippen molar-refractivity contribution < 1.29 is 4.79 Å². The van der Waals surface area contributed by atoms with Crippen LogP contribution in [0.1, 0.15) is 30.9 Å². The molecule has 1 aliphatic rings. The molecule has 0 spiro atoms. The molecule has 2 N–H and O–H groups in total. The summed E-state index contributed by atoms with van der Waals surface area (Å²) in [4.78, 5) is 41.3. The quantitative estimate of drug-likeness (QED) is 0.179. The molecule has 1 aromatic heterocycles. The first kappa shape index (κ1) is 27.7. The number of aromatic nitrogens is 2. The molecule has 1 saturated heterocycles. The van der Waals surface area contributed by atoms with E-state index in [9.17, 15) is 14.4 Å². The minimum Gasteiger partial charge on any atom is -0.399 e. The molecule has 0 unspecified atom stereocenters. The average molecular weight is 578 g/mol. The Bertz CT molecular complexity index is 1800. The van der Waals surface area contributed by atoms with E-state index in [0.717, 1.165) is 11.1 Å². The molecule has 4 aromatic rings. The maximum absolute atomic E-state index is 14.0. The Morgan fingerprint density at radius 2 is 1.73 bits per heavy atom. The van der Waals surface area contributed by atoms with Gasteiger partial charge in [0.1, 0.15) is 0 Å². The van der Waals surface area contributed by atoms with Gasteiger partial charge >= 0.3 is 11.1 Å². The van der Waals surface area contributed by atoms with Crippen molar-refractivity contribution in [3.05, 3.63) is 103 Å². The van der Waals surface area contributed by atoms with E-state index in [1.807, 2.05) is 25.1 Å². The van der Waals surface area contributed by atoms with Crippen LogP contribution in [0, 0.1) is 12.8 Å². The summed E-state index contributed by atoms with van der Waals surface area (Å²) in [6.07, 6.45) is 1.27. The van der Waals surface area contributed by atoms with E-state index in [4.69, 9.17) is 28.9 Å². The van der Waals surface area contributed by atoms with E-state index in [0.29, 0.717) is 56.7 Å². The number of halogens is 2. The van der Waals surface area contributed by atoms with E-state index in [2.05, 4.69) is 20.4 Å². The molecule has 3 aromatic carbocycles. The Morgan fingerprint density at radius 3 is 2.40 bits per heavy atom. The fourth-order valence-corrected chi connectivity index (χ4v) is 5.92. The Kier molecular flexibility index (Phi) is 7.38. The van der Waals surface area contributed by atoms with Crippen molar-refractivity contribution >= 4 is 45.8 Å². The molecule has 0 atom stereocenters. The van der Waals surface area contributed by atoms with E-state index in [-0.39, 0.29) is 24.3 Å². The molecule has 5 rings (SSSR count). The van der Waals surface area contributed by atoms with Crippen molar-refractivity contribution in [1.29, 1.82) is 0 Å². The maximum Gasteiger partial charge on any atom is 0.321 e. The molecular weight excluding hydrogens is 547 g/mol. The van der Waals surface area contributed by atoms with Gasteiger partial charge in [-0.05, 0) is 60.4 Å². The van der Waals surface area contributed by atoms with Gasteiger partial charge in [-0.1, -0.05) is 61.8 Å². The second kappa shape index (κ2) is 10.6. The number of carbonyl (C=O) groups is 1. The predicted octanol–water partition coefficient (Wildman–Crippen LogP) is 5.78. The monoisotopic (exact) mass is 576 g/mol. The zero-order valence-corrected chi connectivity index (χ0v) is 24.1. The summed E-state index contributed by atoms with van der Waals surface area (Å²) >= 11 is 13.4. The summed E-state index contributed by atoms with van der Waals surface area (Å²) < 4.78 is 2.99. The number of anilines is 1. The van der Waals surface area contributed by atoms with Crippen LogP contribution in [-0.2, 0) is 11.3 Å². The summed E-state index contributed by atoms with van der Waals surface area (Å²) in [6.45, 7) is 10.8. The zero-order chi connectivity index (χ0) is 28.9. The topological polar surface area (TPSA) is 90.3 Å². The number of aryl methyl sites for hydroxylation is 1. The molecule has 7 nitrogen and oxygen atoms in total. The number of rotatable bonds is 6. The molecule has 1 amide bonds. The van der Waals surface area contributed by atoms with Gasteiger partial charge in [-0.25, -0.2) is 0 Å². The lowest BCUT2D eigenvalue weighted by Gasteiger charge is -2.39. The lowest BCUT2D eigenvalue weighted by Crippen LogP contribution is -2.52. The van der Waals surface area contributed by atoms with Gasteiger partial charge in [0.25, 0.3) is 0 Å². The van der Waals surface area contributed by atoms with Crippen LogP contribution in [-0.4, -0.2) is 33.0 Å². The first-order valence-electron chi connectivity index (χ1n) is 13.1. The number of likely N-dealkylation sites (tertiary alicyclic amines) is 1. The molecule has 1 fully saturated rings. The minimum atomic E-state index is -0.658. The molecule has 0 aliphatic carbocycles. The van der Waals surface area contributed by atoms with Gasteiger partial charge in [-0.15, -0.1) is 0 Å². The number of hydrogen-bond acceptors (Lipinski definition) is 4. The number of benzene rings is 3. The van der Waals surface area contributed by atoms with Gasteiger partial charge in [0.05, 0.1) is 21.7 Å². The summed E-state index contributed by atoms with van der Waals surface area (Å²) in [5.41, 5.74) is 10.0. The van der Waals surface area contributed by atoms with Crippen LogP contribution in [0.2, 0.25) is 10.0 Å². The van der Waals surface area contributed by atoms with Gasteiger partial charge < -0.3 is 15.2 Å². The molecule has 2 heterocycles. The maximum atomic E-state index is 14.0. The number of nitrogens with zero attached hydrogens (tertiary/aromatic N) is 3. The number of carbonyl (C=O) groups excluding carboxylic acids is 1. The second-order valence-electron chi connectivity index (χ2n) is 10.6. The van der Waals surface area contributed by atoms with Gasteiger partial charge in [0, 0.05) is 47.4 Å². The number of para-hydroxylation sites is 1. The van der Waals surface area contributed by atoms with Gasteiger partial charge in [0.2, 0.25) is 5.91 Å². The summed E-state index contributed by atoms with van der Waals surface area (Å²) in [5.74, 6) is -0.0549. The fourth-order valence-electron chi connectivity index (χ4n) is 5.44. The second-order valence-corrected chi connectivity index (χ2v) is 11.4. The third-order valence-corrected chi connectivity index (χ3v) is 8.15. The molecular formula is C31H30Cl2N4O3. The van der Waals surface area contributed by atoms with Gasteiger partial charge in [-0.2, -0.15) is 0 Å². The number of nitrogen functional groups attached to an aromatic ring is 1. The Hall–Kier alpha value is -3.81. The van der Waals surface area contributed by atoms with E-state index >= 15 is 0 Å². The molecule has 0 saturated carbocycles. The normalized spacial score (nSPS) is 13.6. The zero-order valence-electron chi connectivity index (χ0n) is 22.6. The summed E-state index contributed by atoms with van der Waals surface area (Å²) in [7, 11) is 0. The first-order chi connectivity index (χ1) is 19.0. The summed E-state index contributed by atoms with van der Waals surface area (Å²) in [5, 5.41) is 0.821. The highest BCUT2D eigenvalue weighted by Crippen LogP contribution is 2.38. The van der Waals surface area contributed by atoms with E-state index < -0.39 is 11.1 Å². The van der Waals surface area contributed by atoms with Crippen molar-refractivity contribution in [3.63, 3.8) is 0 Å². The average Bonchev–Trinajstić information content (AvgIpc) is 2.89. The van der Waals surface area contributed by atoms with Gasteiger partial charge in [0.15, 0.2) is 0 Å². The van der Waals surface area contributed by atoms with Crippen LogP contribution in [0.25, 0.3) is 27.8 Å². The van der Waals surface area contributed by atoms with Crippen LogP contribution in [0.4, 0.5) is 5.69 Å². The van der Waals surface area contributed by atoms with Crippen molar-refractivity contribution in [2.75, 3.05) is 18.8 Å². The smallest absolute Gasteiger partial charge is 0.321 e. The molecule has 0 radical (unpaired) electrons. The Balaban J connectivity index is 1.82. The molecule has 40 heavy (non-hydrogen) atoms. The third kappa shape index (κ3) is 4.73.